The predicted molar refractivity (Wildman–Crippen MR) is 112 cm³/mol. The van der Waals surface area contributed by atoms with Gasteiger partial charge < -0.3 is 11.1 Å². The molecule has 0 bridgehead atoms. The Hall–Kier alpha value is -2.44. The molecule has 1 aliphatic rings. The Morgan fingerprint density at radius 3 is 2.69 bits per heavy atom. The first kappa shape index (κ1) is 21.3. The van der Waals surface area contributed by atoms with Crippen LogP contribution in [-0.4, -0.2) is 30.1 Å². The van der Waals surface area contributed by atoms with E-state index >= 15 is 0 Å². The van der Waals surface area contributed by atoms with Crippen molar-refractivity contribution in [2.75, 3.05) is 6.54 Å². The lowest BCUT2D eigenvalue weighted by molar-refractivity contribution is -0.138. The molecule has 2 atom stereocenters. The molecule has 8 heteroatoms. The van der Waals surface area contributed by atoms with Gasteiger partial charge in [0.25, 0.3) is 5.91 Å². The quantitative estimate of drug-likeness (QED) is 0.413. The Balaban J connectivity index is 1.74. The van der Waals surface area contributed by atoms with Crippen molar-refractivity contribution in [2.45, 2.75) is 31.7 Å². The first-order chi connectivity index (χ1) is 13.8. The zero-order chi connectivity index (χ0) is 21.1. The van der Waals surface area contributed by atoms with Crippen LogP contribution in [0.25, 0.3) is 0 Å². The summed E-state index contributed by atoms with van der Waals surface area (Å²) in [5.74, 6) is -1.73. The van der Waals surface area contributed by atoms with Gasteiger partial charge in [-0.2, -0.15) is 0 Å². The molecule has 152 valence electrons. The lowest BCUT2D eigenvalue weighted by Crippen LogP contribution is -2.42. The molecule has 2 aromatic carbocycles. The molecule has 0 saturated heterocycles. The van der Waals surface area contributed by atoms with Crippen LogP contribution in [0.2, 0.25) is 10.0 Å². The number of rotatable bonds is 6. The van der Waals surface area contributed by atoms with Gasteiger partial charge >= 0.3 is 0 Å². The monoisotopic (exact) mass is 435 g/mol. The van der Waals surface area contributed by atoms with Crippen LogP contribution in [0.1, 0.15) is 29.5 Å². The number of halogens is 3. The lowest BCUT2D eigenvalue weighted by Gasteiger charge is -2.20. The smallest absolute Gasteiger partial charge is 0.287 e. The summed E-state index contributed by atoms with van der Waals surface area (Å²) in [5, 5.41) is 3.37. The van der Waals surface area contributed by atoms with Crippen molar-refractivity contribution in [1.82, 2.24) is 5.32 Å². The van der Waals surface area contributed by atoms with Gasteiger partial charge in [0.2, 0.25) is 5.78 Å². The van der Waals surface area contributed by atoms with E-state index in [1.807, 2.05) is 12.1 Å². The number of carbonyl (C=O) groups is 2. The molecule has 3 rings (SSSR count). The molecule has 3 N–H and O–H groups in total. The van der Waals surface area contributed by atoms with Crippen LogP contribution < -0.4 is 11.1 Å². The molecular formula is C21H20Cl2FN3O2. The molecule has 1 amide bonds. The van der Waals surface area contributed by atoms with Crippen molar-refractivity contribution < 1.29 is 14.0 Å². The minimum absolute atomic E-state index is 0.0372. The zero-order valence-corrected chi connectivity index (χ0v) is 17.2. The fourth-order valence-electron chi connectivity index (χ4n) is 3.50. The van der Waals surface area contributed by atoms with E-state index in [2.05, 4.69) is 10.3 Å². The molecular weight excluding hydrogens is 416 g/mol. The van der Waals surface area contributed by atoms with Gasteiger partial charge in [-0.1, -0.05) is 41.4 Å². The second-order valence-corrected chi connectivity index (χ2v) is 7.84. The third-order valence-electron chi connectivity index (χ3n) is 4.92. The number of benzene rings is 2. The molecule has 0 fully saturated rings. The Morgan fingerprint density at radius 1 is 1.24 bits per heavy atom. The standard InChI is InChI=1S/C21H20Cl2FN3O2/c1-11(25)26-10-15-13-3-2-4-16(22)14(13)9-19(15)27-21(29)20(28)8-12-5-6-17(23)18(24)7-12/h2-7,15,19H,8-10H2,1H3,(H2,25,26)(H,27,29). The van der Waals surface area contributed by atoms with E-state index in [1.165, 1.54) is 12.1 Å². The highest BCUT2D eigenvalue weighted by molar-refractivity contribution is 6.36. The minimum atomic E-state index is -0.729. The summed E-state index contributed by atoms with van der Waals surface area (Å²) >= 11 is 12.0. The van der Waals surface area contributed by atoms with Gasteiger partial charge in [-0.15, -0.1) is 0 Å². The summed E-state index contributed by atoms with van der Waals surface area (Å²) in [6.45, 7) is 2.06. The number of amides is 1. The van der Waals surface area contributed by atoms with Gasteiger partial charge in [0.1, 0.15) is 5.82 Å². The highest BCUT2D eigenvalue weighted by Gasteiger charge is 2.35. The molecule has 0 heterocycles. The van der Waals surface area contributed by atoms with Gasteiger partial charge in [-0.3, -0.25) is 14.6 Å². The number of nitrogens with two attached hydrogens (primary N) is 1. The van der Waals surface area contributed by atoms with Crippen molar-refractivity contribution in [1.29, 1.82) is 0 Å². The van der Waals surface area contributed by atoms with E-state index in [4.69, 9.17) is 28.9 Å². The molecule has 0 spiro atoms. The summed E-state index contributed by atoms with van der Waals surface area (Å²) in [4.78, 5) is 29.2. The topological polar surface area (TPSA) is 84.5 Å². The maximum absolute atomic E-state index is 13.6. The van der Waals surface area contributed by atoms with Crippen molar-refractivity contribution in [3.05, 3.63) is 69.0 Å². The first-order valence-corrected chi connectivity index (χ1v) is 9.83. The number of carbonyl (C=O) groups excluding carboxylic acids is 2. The summed E-state index contributed by atoms with van der Waals surface area (Å²) in [5.41, 5.74) is 7.96. The van der Waals surface area contributed by atoms with Gasteiger partial charge in [0, 0.05) is 29.9 Å². The highest BCUT2D eigenvalue weighted by Crippen LogP contribution is 2.37. The van der Waals surface area contributed by atoms with Crippen molar-refractivity contribution >= 4 is 40.7 Å². The maximum atomic E-state index is 13.6. The Kier molecular flexibility index (Phi) is 6.55. The normalized spacial score (nSPS) is 18.4. The SMILES string of the molecule is CC(N)=NCC1c2cccc(Cl)c2CC1NC(=O)C(=O)Cc1ccc(Cl)c(F)c1. The summed E-state index contributed by atoms with van der Waals surface area (Å²) in [6, 6.07) is 9.26. The van der Waals surface area contributed by atoms with E-state index in [0.29, 0.717) is 29.4 Å². The zero-order valence-electron chi connectivity index (χ0n) is 15.7. The number of aliphatic imine (C=N–C) groups is 1. The number of hydrogen-bond acceptors (Lipinski definition) is 3. The largest absolute Gasteiger partial charge is 0.388 e. The van der Waals surface area contributed by atoms with Gasteiger partial charge in [-0.25, -0.2) is 4.39 Å². The Labute approximate surface area is 178 Å². The summed E-state index contributed by atoms with van der Waals surface area (Å²) in [7, 11) is 0. The average Bonchev–Trinajstić information content (AvgIpc) is 3.01. The molecule has 2 unspecified atom stereocenters. The Bertz CT molecular complexity index is 990. The fraction of sp³-hybridized carbons (Fsp3) is 0.286. The van der Waals surface area contributed by atoms with Crippen LogP contribution >= 0.6 is 23.2 Å². The van der Waals surface area contributed by atoms with Crippen LogP contribution in [0, 0.1) is 5.82 Å². The molecule has 2 aromatic rings. The number of Topliss-reactive ketones (excluding diaryl/α,β-unsaturated/α-hetero) is 1. The third kappa shape index (κ3) is 4.95. The second-order valence-electron chi connectivity index (χ2n) is 7.03. The van der Waals surface area contributed by atoms with Crippen molar-refractivity contribution in [3.63, 3.8) is 0 Å². The van der Waals surface area contributed by atoms with Crippen molar-refractivity contribution in [2.24, 2.45) is 10.7 Å². The first-order valence-electron chi connectivity index (χ1n) is 9.07. The third-order valence-corrected chi connectivity index (χ3v) is 5.58. The number of nitrogens with one attached hydrogen (secondary N) is 1. The maximum Gasteiger partial charge on any atom is 0.287 e. The highest BCUT2D eigenvalue weighted by atomic mass is 35.5. The number of nitrogens with zero attached hydrogens (tertiary/aromatic N) is 1. The van der Waals surface area contributed by atoms with E-state index in [1.54, 1.807) is 13.0 Å². The van der Waals surface area contributed by atoms with Gasteiger partial charge in [0.15, 0.2) is 0 Å². The number of amidine groups is 1. The van der Waals surface area contributed by atoms with E-state index < -0.39 is 17.5 Å². The van der Waals surface area contributed by atoms with Crippen LogP contribution in [-0.2, 0) is 22.4 Å². The molecule has 5 nitrogen and oxygen atoms in total. The van der Waals surface area contributed by atoms with Crippen LogP contribution in [0.3, 0.4) is 0 Å². The average molecular weight is 436 g/mol. The van der Waals surface area contributed by atoms with Gasteiger partial charge in [0.05, 0.1) is 10.9 Å². The predicted octanol–water partition coefficient (Wildman–Crippen LogP) is 3.45. The van der Waals surface area contributed by atoms with Crippen LogP contribution in [0.5, 0.6) is 0 Å². The number of fused-ring (bicyclic) bond motifs is 1. The molecule has 29 heavy (non-hydrogen) atoms. The lowest BCUT2D eigenvalue weighted by atomic mass is 9.98. The molecule has 1 aliphatic carbocycles. The van der Waals surface area contributed by atoms with Crippen molar-refractivity contribution in [3.8, 4) is 0 Å². The summed E-state index contributed by atoms with van der Waals surface area (Å²) in [6.07, 6.45) is 0.276. The van der Waals surface area contributed by atoms with Crippen LogP contribution in [0.4, 0.5) is 4.39 Å². The van der Waals surface area contributed by atoms with Crippen LogP contribution in [0.15, 0.2) is 41.4 Å². The van der Waals surface area contributed by atoms with E-state index in [-0.39, 0.29) is 23.4 Å². The number of ketones is 1. The number of hydrogen-bond donors (Lipinski definition) is 2. The van der Waals surface area contributed by atoms with E-state index in [0.717, 1.165) is 17.2 Å². The second kappa shape index (κ2) is 8.93. The van der Waals surface area contributed by atoms with E-state index in [9.17, 15) is 14.0 Å². The summed E-state index contributed by atoms with van der Waals surface area (Å²) < 4.78 is 13.6. The molecule has 0 saturated carbocycles. The fourth-order valence-corrected chi connectivity index (χ4v) is 3.88. The Morgan fingerprint density at radius 2 is 2.00 bits per heavy atom. The molecule has 0 aromatic heterocycles. The van der Waals surface area contributed by atoms with Gasteiger partial charge in [-0.05, 0) is 48.2 Å². The molecule has 0 radical (unpaired) electrons. The molecule has 0 aliphatic heterocycles. The minimum Gasteiger partial charge on any atom is -0.388 e.